The lowest BCUT2D eigenvalue weighted by molar-refractivity contribution is -0.126. The van der Waals surface area contributed by atoms with E-state index in [9.17, 15) is 0 Å². The van der Waals surface area contributed by atoms with Gasteiger partial charge < -0.3 is 4.74 Å². The van der Waals surface area contributed by atoms with Gasteiger partial charge >= 0.3 is 0 Å². The Hall–Kier alpha value is -0.580. The van der Waals surface area contributed by atoms with Crippen molar-refractivity contribution in [2.24, 2.45) is 0 Å². The Morgan fingerprint density at radius 3 is 2.33 bits per heavy atom. The molecule has 0 radical (unpaired) electrons. The van der Waals surface area contributed by atoms with Gasteiger partial charge in [-0.15, -0.1) is 0 Å². The molecular weight excluding hydrogens is 303 g/mol. The second-order valence-corrected chi connectivity index (χ2v) is 4.13. The zero-order valence-corrected chi connectivity index (χ0v) is 11.6. The van der Waals surface area contributed by atoms with E-state index in [1.165, 1.54) is 21.8 Å². The predicted molar refractivity (Wildman–Crippen MR) is 71.0 cm³/mol. The normalized spacial score (nSPS) is 8.80. The van der Waals surface area contributed by atoms with Crippen molar-refractivity contribution in [2.75, 3.05) is 7.11 Å². The highest BCUT2D eigenvalue weighted by Gasteiger charge is 1.97. The zero-order chi connectivity index (χ0) is 11.7. The molecular formula is C12H17IO2. The highest BCUT2D eigenvalue weighted by Crippen LogP contribution is 2.15. The Kier molecular flexibility index (Phi) is 8.37. The van der Waals surface area contributed by atoms with Crippen LogP contribution in [0.5, 0.6) is 0 Å². The lowest BCUT2D eigenvalue weighted by Gasteiger charge is -2.03. The van der Waals surface area contributed by atoms with Crippen LogP contribution in [0.3, 0.4) is 0 Å². The Balaban J connectivity index is 0.000000423. The van der Waals surface area contributed by atoms with Gasteiger partial charge in [0, 0.05) is 3.57 Å². The number of carbonyl (C=O) groups excluding carboxylic acids is 1. The molecule has 0 saturated carbocycles. The summed E-state index contributed by atoms with van der Waals surface area (Å²) in [7, 11) is 1.31. The van der Waals surface area contributed by atoms with E-state index in [1.54, 1.807) is 0 Å². The summed E-state index contributed by atoms with van der Waals surface area (Å²) in [5, 5.41) is 0. The molecule has 1 aromatic carbocycles. The summed E-state index contributed by atoms with van der Waals surface area (Å²) >= 11 is 2.39. The Labute approximate surface area is 105 Å². The van der Waals surface area contributed by atoms with Crippen LogP contribution in [0.4, 0.5) is 0 Å². The maximum atomic E-state index is 8.95. The molecule has 2 nitrogen and oxygen atoms in total. The summed E-state index contributed by atoms with van der Waals surface area (Å²) in [6.07, 6.45) is 2.29. The molecule has 15 heavy (non-hydrogen) atoms. The maximum Gasteiger partial charge on any atom is 0.292 e. The van der Waals surface area contributed by atoms with Crippen LogP contribution in [0.15, 0.2) is 18.2 Å². The molecule has 0 aliphatic carbocycles. The molecule has 0 bridgehead atoms. The number of methoxy groups -OCH3 is 1. The van der Waals surface area contributed by atoms with E-state index in [2.05, 4.69) is 59.4 Å². The molecule has 0 amide bonds. The average molecular weight is 320 g/mol. The van der Waals surface area contributed by atoms with Crippen LogP contribution in [0, 0.1) is 3.57 Å². The number of carbonyl (C=O) groups is 1. The van der Waals surface area contributed by atoms with Crippen LogP contribution in [0.25, 0.3) is 0 Å². The molecule has 0 aliphatic rings. The van der Waals surface area contributed by atoms with Crippen LogP contribution in [0.1, 0.15) is 25.0 Å². The Bertz CT molecular complexity index is 298. The van der Waals surface area contributed by atoms with Gasteiger partial charge in [-0.05, 0) is 52.6 Å². The first-order valence-corrected chi connectivity index (χ1v) is 6.01. The van der Waals surface area contributed by atoms with Crippen molar-refractivity contribution >= 4 is 29.1 Å². The molecule has 84 valence electrons. The van der Waals surface area contributed by atoms with Gasteiger partial charge in [0.15, 0.2) is 0 Å². The minimum Gasteiger partial charge on any atom is -0.471 e. The lowest BCUT2D eigenvalue weighted by Crippen LogP contribution is -1.88. The number of aryl methyl sites for hydroxylation is 2. The lowest BCUT2D eigenvalue weighted by atomic mass is 10.1. The van der Waals surface area contributed by atoms with E-state index >= 15 is 0 Å². The Morgan fingerprint density at radius 1 is 1.33 bits per heavy atom. The van der Waals surface area contributed by atoms with Gasteiger partial charge in [-0.1, -0.05) is 26.0 Å². The van der Waals surface area contributed by atoms with Crippen LogP contribution in [-0.2, 0) is 22.4 Å². The van der Waals surface area contributed by atoms with Crippen LogP contribution in [0.2, 0.25) is 0 Å². The highest BCUT2D eigenvalue weighted by molar-refractivity contribution is 14.1. The molecule has 1 aromatic rings. The standard InChI is InChI=1S/C10H13I.C2H4O2/c1-3-8-5-6-10(11)9(4-2)7-8;1-4-2-3/h5-7H,3-4H2,1-2H3;2H,1H3. The second kappa shape index (κ2) is 8.71. The molecule has 0 atom stereocenters. The Morgan fingerprint density at radius 2 is 1.93 bits per heavy atom. The molecule has 3 heteroatoms. The van der Waals surface area contributed by atoms with Crippen molar-refractivity contribution in [3.8, 4) is 0 Å². The van der Waals surface area contributed by atoms with Gasteiger partial charge in [0.25, 0.3) is 6.47 Å². The SMILES string of the molecule is CCc1ccc(I)c(CC)c1.COC=O. The van der Waals surface area contributed by atoms with E-state index in [1.807, 2.05) is 0 Å². The minimum absolute atomic E-state index is 0.375. The van der Waals surface area contributed by atoms with E-state index < -0.39 is 0 Å². The average Bonchev–Trinajstić information content (AvgIpc) is 2.30. The largest absolute Gasteiger partial charge is 0.471 e. The van der Waals surface area contributed by atoms with Crippen LogP contribution < -0.4 is 0 Å². The minimum atomic E-state index is 0.375. The fourth-order valence-electron chi connectivity index (χ4n) is 1.12. The summed E-state index contributed by atoms with van der Waals surface area (Å²) < 4.78 is 5.25. The molecule has 0 unspecified atom stereocenters. The third kappa shape index (κ3) is 5.77. The molecule has 1 rings (SSSR count). The summed E-state index contributed by atoms with van der Waals surface area (Å²) in [5.41, 5.74) is 2.92. The quantitative estimate of drug-likeness (QED) is 0.631. The monoisotopic (exact) mass is 320 g/mol. The van der Waals surface area contributed by atoms with Gasteiger partial charge in [-0.2, -0.15) is 0 Å². The first-order chi connectivity index (χ1) is 7.19. The molecule has 0 N–H and O–H groups in total. The molecule has 0 fully saturated rings. The molecule has 0 heterocycles. The van der Waals surface area contributed by atoms with Gasteiger partial charge in [0.1, 0.15) is 0 Å². The maximum absolute atomic E-state index is 8.95. The number of hydrogen-bond acceptors (Lipinski definition) is 2. The summed E-state index contributed by atoms with van der Waals surface area (Å²) in [5.74, 6) is 0. The van der Waals surface area contributed by atoms with Crippen molar-refractivity contribution in [3.05, 3.63) is 32.9 Å². The van der Waals surface area contributed by atoms with E-state index in [-0.39, 0.29) is 0 Å². The molecule has 0 aromatic heterocycles. The third-order valence-corrected chi connectivity index (χ3v) is 3.05. The van der Waals surface area contributed by atoms with E-state index in [0.29, 0.717) is 6.47 Å². The number of benzene rings is 1. The fourth-order valence-corrected chi connectivity index (χ4v) is 1.84. The van der Waals surface area contributed by atoms with Gasteiger partial charge in [-0.3, -0.25) is 4.79 Å². The van der Waals surface area contributed by atoms with Crippen molar-refractivity contribution in [1.82, 2.24) is 0 Å². The van der Waals surface area contributed by atoms with Gasteiger partial charge in [0.05, 0.1) is 7.11 Å². The van der Waals surface area contributed by atoms with Crippen molar-refractivity contribution in [1.29, 1.82) is 0 Å². The smallest absolute Gasteiger partial charge is 0.292 e. The topological polar surface area (TPSA) is 26.3 Å². The summed E-state index contributed by atoms with van der Waals surface area (Å²) in [6, 6.07) is 6.72. The second-order valence-electron chi connectivity index (χ2n) is 2.96. The van der Waals surface area contributed by atoms with Crippen LogP contribution in [-0.4, -0.2) is 13.6 Å². The van der Waals surface area contributed by atoms with Crippen molar-refractivity contribution in [3.63, 3.8) is 0 Å². The number of rotatable bonds is 3. The first-order valence-electron chi connectivity index (χ1n) is 4.93. The highest BCUT2D eigenvalue weighted by atomic mass is 127. The third-order valence-electron chi connectivity index (χ3n) is 2.00. The van der Waals surface area contributed by atoms with E-state index in [0.717, 1.165) is 12.8 Å². The number of hydrogen-bond donors (Lipinski definition) is 0. The van der Waals surface area contributed by atoms with Crippen LogP contribution >= 0.6 is 22.6 Å². The van der Waals surface area contributed by atoms with E-state index in [4.69, 9.17) is 4.79 Å². The summed E-state index contributed by atoms with van der Waals surface area (Å²) in [6.45, 7) is 4.78. The molecule has 0 saturated heterocycles. The predicted octanol–water partition coefficient (Wildman–Crippen LogP) is 3.21. The zero-order valence-electron chi connectivity index (χ0n) is 9.42. The van der Waals surface area contributed by atoms with Crippen molar-refractivity contribution in [2.45, 2.75) is 26.7 Å². The molecule has 0 spiro atoms. The fraction of sp³-hybridized carbons (Fsp3) is 0.417. The van der Waals surface area contributed by atoms with Gasteiger partial charge in [0.2, 0.25) is 0 Å². The number of ether oxygens (including phenoxy) is 1. The van der Waals surface area contributed by atoms with Gasteiger partial charge in [-0.25, -0.2) is 0 Å². The van der Waals surface area contributed by atoms with Crippen molar-refractivity contribution < 1.29 is 9.53 Å². The number of halogens is 1. The molecule has 0 aliphatic heterocycles. The first kappa shape index (κ1) is 14.4. The summed E-state index contributed by atoms with van der Waals surface area (Å²) in [4.78, 5) is 8.95.